The molecule has 0 aliphatic carbocycles. The van der Waals surface area contributed by atoms with Crippen LogP contribution in [0.5, 0.6) is 0 Å². The molecule has 1 aromatic heterocycles. The van der Waals surface area contributed by atoms with Crippen molar-refractivity contribution in [2.75, 3.05) is 0 Å². The SMILES string of the molecule is Cn1cc(C(=O)c2ccc(F)cc2Cl)c(=O)[nH]1. The first-order valence-corrected chi connectivity index (χ1v) is 5.12. The number of carbonyl (C=O) groups excluding carboxylic acids is 1. The highest BCUT2D eigenvalue weighted by Crippen LogP contribution is 2.19. The zero-order valence-electron chi connectivity index (χ0n) is 8.83. The van der Waals surface area contributed by atoms with Crippen LogP contribution in [0, 0.1) is 5.82 Å². The lowest BCUT2D eigenvalue weighted by atomic mass is 10.1. The highest BCUT2D eigenvalue weighted by molar-refractivity contribution is 6.34. The van der Waals surface area contributed by atoms with E-state index in [1.54, 1.807) is 7.05 Å². The number of carbonyl (C=O) groups is 1. The molecule has 0 unspecified atom stereocenters. The number of rotatable bonds is 2. The molecule has 0 atom stereocenters. The largest absolute Gasteiger partial charge is 0.295 e. The van der Waals surface area contributed by atoms with E-state index in [1.807, 2.05) is 0 Å². The topological polar surface area (TPSA) is 54.9 Å². The first kappa shape index (κ1) is 11.6. The van der Waals surface area contributed by atoms with Crippen molar-refractivity contribution < 1.29 is 9.18 Å². The summed E-state index contributed by atoms with van der Waals surface area (Å²) in [5.41, 5.74) is -0.427. The number of H-pyrrole nitrogens is 1. The molecule has 2 rings (SSSR count). The van der Waals surface area contributed by atoms with Crippen molar-refractivity contribution in [1.82, 2.24) is 9.78 Å². The lowest BCUT2D eigenvalue weighted by Crippen LogP contribution is -2.13. The smallest absolute Gasteiger partial charge is 0.275 e. The van der Waals surface area contributed by atoms with Gasteiger partial charge >= 0.3 is 0 Å². The van der Waals surface area contributed by atoms with Crippen molar-refractivity contribution in [3.63, 3.8) is 0 Å². The quantitative estimate of drug-likeness (QED) is 0.830. The molecule has 0 bridgehead atoms. The van der Waals surface area contributed by atoms with E-state index in [-0.39, 0.29) is 16.1 Å². The lowest BCUT2D eigenvalue weighted by Gasteiger charge is -2.00. The molecule has 1 aromatic carbocycles. The number of aryl methyl sites for hydroxylation is 1. The molecule has 0 saturated carbocycles. The van der Waals surface area contributed by atoms with E-state index in [9.17, 15) is 14.0 Å². The molecule has 88 valence electrons. The van der Waals surface area contributed by atoms with Crippen LogP contribution in [0.4, 0.5) is 4.39 Å². The Morgan fingerprint density at radius 3 is 2.65 bits per heavy atom. The van der Waals surface area contributed by atoms with E-state index in [0.29, 0.717) is 0 Å². The number of hydrogen-bond acceptors (Lipinski definition) is 2. The number of hydrogen-bond donors (Lipinski definition) is 1. The highest BCUT2D eigenvalue weighted by Gasteiger charge is 2.17. The number of ketones is 1. The number of nitrogens with zero attached hydrogens (tertiary/aromatic N) is 1. The predicted octanol–water partition coefficient (Wildman–Crippen LogP) is 1.74. The van der Waals surface area contributed by atoms with Crippen molar-refractivity contribution in [2.24, 2.45) is 7.05 Å². The maximum atomic E-state index is 12.8. The molecular weight excluding hydrogens is 247 g/mol. The number of nitrogens with one attached hydrogen (secondary N) is 1. The standard InChI is InChI=1S/C11H8ClFN2O2/c1-15-5-8(11(17)14-15)10(16)7-3-2-6(13)4-9(7)12/h2-5H,1H3,(H,14,17). The fourth-order valence-corrected chi connectivity index (χ4v) is 1.74. The van der Waals surface area contributed by atoms with E-state index in [4.69, 9.17) is 11.6 Å². The summed E-state index contributed by atoms with van der Waals surface area (Å²) in [7, 11) is 1.59. The van der Waals surface area contributed by atoms with Gasteiger partial charge in [-0.15, -0.1) is 0 Å². The Morgan fingerprint density at radius 1 is 1.41 bits per heavy atom. The summed E-state index contributed by atoms with van der Waals surface area (Å²) in [5.74, 6) is -1.06. The fraction of sp³-hybridized carbons (Fsp3) is 0.0909. The second-order valence-electron chi connectivity index (χ2n) is 3.55. The maximum Gasteiger partial charge on any atom is 0.275 e. The average Bonchev–Trinajstić information content (AvgIpc) is 2.57. The van der Waals surface area contributed by atoms with E-state index < -0.39 is 17.2 Å². The van der Waals surface area contributed by atoms with Crippen LogP contribution in [0.1, 0.15) is 15.9 Å². The van der Waals surface area contributed by atoms with E-state index in [0.717, 1.165) is 12.1 Å². The van der Waals surface area contributed by atoms with Crippen LogP contribution in [-0.2, 0) is 7.05 Å². The van der Waals surface area contributed by atoms with Crippen molar-refractivity contribution >= 4 is 17.4 Å². The molecule has 17 heavy (non-hydrogen) atoms. The molecule has 0 aliphatic heterocycles. The molecular formula is C11H8ClFN2O2. The Morgan fingerprint density at radius 2 is 2.12 bits per heavy atom. The minimum atomic E-state index is -0.534. The summed E-state index contributed by atoms with van der Waals surface area (Å²) in [4.78, 5) is 23.4. The van der Waals surface area contributed by atoms with Crippen LogP contribution in [-0.4, -0.2) is 15.6 Å². The van der Waals surface area contributed by atoms with Gasteiger partial charge in [0.05, 0.1) is 5.02 Å². The Labute approximate surface area is 101 Å². The molecule has 0 fully saturated rings. The summed E-state index contributed by atoms with van der Waals surface area (Å²) in [5, 5.41) is 2.40. The highest BCUT2D eigenvalue weighted by atomic mass is 35.5. The van der Waals surface area contributed by atoms with Gasteiger partial charge in [-0.2, -0.15) is 0 Å². The number of halogens is 2. The van der Waals surface area contributed by atoms with Crippen LogP contribution in [0.25, 0.3) is 0 Å². The monoisotopic (exact) mass is 254 g/mol. The molecule has 4 nitrogen and oxygen atoms in total. The van der Waals surface area contributed by atoms with Gasteiger partial charge in [0.15, 0.2) is 0 Å². The third kappa shape index (κ3) is 2.14. The number of aromatic amines is 1. The first-order valence-electron chi connectivity index (χ1n) is 4.74. The van der Waals surface area contributed by atoms with Gasteiger partial charge in [-0.1, -0.05) is 11.6 Å². The Hall–Kier alpha value is -1.88. The van der Waals surface area contributed by atoms with E-state index in [1.165, 1.54) is 16.9 Å². The van der Waals surface area contributed by atoms with Gasteiger partial charge in [-0.25, -0.2) is 4.39 Å². The summed E-state index contributed by atoms with van der Waals surface area (Å²) in [6, 6.07) is 3.41. The van der Waals surface area contributed by atoms with Crippen LogP contribution in [0.2, 0.25) is 5.02 Å². The molecule has 1 heterocycles. The third-order valence-corrected chi connectivity index (χ3v) is 2.58. The molecule has 0 saturated heterocycles. The second-order valence-corrected chi connectivity index (χ2v) is 3.96. The Bertz CT molecular complexity index is 645. The summed E-state index contributed by atoms with van der Waals surface area (Å²) < 4.78 is 14.2. The van der Waals surface area contributed by atoms with Crippen molar-refractivity contribution in [1.29, 1.82) is 0 Å². The molecule has 0 aliphatic rings. The second kappa shape index (κ2) is 4.18. The van der Waals surface area contributed by atoms with Gasteiger partial charge < -0.3 is 0 Å². The predicted molar refractivity (Wildman–Crippen MR) is 60.9 cm³/mol. The summed E-state index contributed by atoms with van der Waals surface area (Å²) in [6.07, 6.45) is 1.37. The number of benzene rings is 1. The molecule has 0 spiro atoms. The fourth-order valence-electron chi connectivity index (χ4n) is 1.49. The van der Waals surface area contributed by atoms with Gasteiger partial charge in [0, 0.05) is 18.8 Å². The van der Waals surface area contributed by atoms with Gasteiger partial charge in [0.25, 0.3) is 5.56 Å². The van der Waals surface area contributed by atoms with E-state index >= 15 is 0 Å². The molecule has 6 heteroatoms. The Kier molecular flexibility index (Phi) is 2.85. The van der Waals surface area contributed by atoms with Crippen LogP contribution in [0.3, 0.4) is 0 Å². The lowest BCUT2D eigenvalue weighted by molar-refractivity contribution is 0.103. The zero-order chi connectivity index (χ0) is 12.6. The van der Waals surface area contributed by atoms with E-state index in [2.05, 4.69) is 5.10 Å². The average molecular weight is 255 g/mol. The minimum Gasteiger partial charge on any atom is -0.295 e. The van der Waals surface area contributed by atoms with Crippen molar-refractivity contribution in [2.45, 2.75) is 0 Å². The van der Waals surface area contributed by atoms with Gasteiger partial charge in [-0.05, 0) is 18.2 Å². The van der Waals surface area contributed by atoms with Crippen LogP contribution >= 0.6 is 11.6 Å². The maximum absolute atomic E-state index is 12.8. The van der Waals surface area contributed by atoms with Crippen LogP contribution in [0.15, 0.2) is 29.2 Å². The minimum absolute atomic E-state index is 0.0155. The van der Waals surface area contributed by atoms with Crippen LogP contribution < -0.4 is 5.56 Å². The molecule has 2 aromatic rings. The summed E-state index contributed by atoms with van der Waals surface area (Å²) in [6.45, 7) is 0. The zero-order valence-corrected chi connectivity index (χ0v) is 9.58. The summed E-state index contributed by atoms with van der Waals surface area (Å²) >= 11 is 5.75. The van der Waals surface area contributed by atoms with Gasteiger partial charge in [-0.3, -0.25) is 19.4 Å². The Balaban J connectivity index is 2.51. The number of aromatic nitrogens is 2. The normalized spacial score (nSPS) is 10.5. The molecule has 1 N–H and O–H groups in total. The third-order valence-electron chi connectivity index (χ3n) is 2.27. The molecule has 0 amide bonds. The molecule has 0 radical (unpaired) electrons. The first-order chi connectivity index (χ1) is 7.99. The van der Waals surface area contributed by atoms with Crippen molar-refractivity contribution in [3.05, 3.63) is 56.7 Å². The van der Waals surface area contributed by atoms with Gasteiger partial charge in [0.2, 0.25) is 5.78 Å². The van der Waals surface area contributed by atoms with Crippen molar-refractivity contribution in [3.8, 4) is 0 Å². The van der Waals surface area contributed by atoms with Gasteiger partial charge in [0.1, 0.15) is 11.4 Å².